The Bertz CT molecular complexity index is 939. The Morgan fingerprint density at radius 2 is 0.938 bits per heavy atom. The van der Waals surface area contributed by atoms with Crippen LogP contribution in [0.4, 0.5) is 11.4 Å². The molecule has 0 bridgehead atoms. The van der Waals surface area contributed by atoms with Crippen LogP contribution in [0.15, 0.2) is 59.0 Å². The number of aryl methyl sites for hydroxylation is 2. The standard InChI is InChI=1S/C24H38GeN6Si/c1-19-11-15-21(16-12-19)28-25(29(27-26-28)22-17-13-20(2)14-18-22)30(23(3,4)5)32(9,10)31(25)24(6,7)8/h11-18H,1-10H3. The number of anilines is 2. The van der Waals surface area contributed by atoms with Crippen molar-refractivity contribution in [2.45, 2.75) is 79.6 Å². The van der Waals surface area contributed by atoms with Crippen LogP contribution in [0.5, 0.6) is 0 Å². The van der Waals surface area contributed by atoms with Crippen LogP contribution >= 0.6 is 0 Å². The van der Waals surface area contributed by atoms with E-state index in [1.807, 2.05) is 0 Å². The molecule has 2 aliphatic rings. The van der Waals surface area contributed by atoms with Crippen LogP contribution < -0.4 is 7.93 Å². The molecule has 4 rings (SSSR count). The molecule has 1 saturated heterocycles. The molecule has 0 radical (unpaired) electrons. The van der Waals surface area contributed by atoms with Gasteiger partial charge in [0.15, 0.2) is 0 Å². The molecule has 0 saturated carbocycles. The SMILES string of the molecule is Cc1ccc([N]2N=N[N](c3ccc(C)cc3)[Ge]23[N](C(C)(C)C)[Si](C)(C)[N]3C(C)(C)C)cc1. The summed E-state index contributed by atoms with van der Waals surface area (Å²) in [6.45, 7) is 23.4. The Kier molecular flexibility index (Phi) is 5.44. The van der Waals surface area contributed by atoms with E-state index in [0.29, 0.717) is 0 Å². The molecule has 0 N–H and O–H groups in total. The number of benzene rings is 2. The quantitative estimate of drug-likeness (QED) is 0.446. The Morgan fingerprint density at radius 1 is 0.625 bits per heavy atom. The molecule has 2 aromatic carbocycles. The molecule has 0 atom stereocenters. The summed E-state index contributed by atoms with van der Waals surface area (Å²) in [7, 11) is -1.94. The summed E-state index contributed by atoms with van der Waals surface area (Å²) in [5.74, 6) is 0. The number of hydrogen-bond acceptors (Lipinski definition) is 6. The minimum absolute atomic E-state index is 0.00124. The fraction of sp³-hybridized carbons (Fsp3) is 0.500. The van der Waals surface area contributed by atoms with Crippen molar-refractivity contribution < 1.29 is 0 Å². The van der Waals surface area contributed by atoms with Gasteiger partial charge in [0, 0.05) is 0 Å². The summed E-state index contributed by atoms with van der Waals surface area (Å²) in [6.07, 6.45) is 0. The molecule has 1 spiro atoms. The van der Waals surface area contributed by atoms with Crippen molar-refractivity contribution in [3.8, 4) is 0 Å². The fourth-order valence-electron chi connectivity index (χ4n) is 5.92. The Hall–Kier alpha value is -1.68. The van der Waals surface area contributed by atoms with E-state index in [-0.39, 0.29) is 11.1 Å². The van der Waals surface area contributed by atoms with Crippen LogP contribution in [0.25, 0.3) is 0 Å². The van der Waals surface area contributed by atoms with Gasteiger partial charge in [-0.15, -0.1) is 0 Å². The second kappa shape index (κ2) is 7.41. The molecular formula is C24H38GeN6Si. The van der Waals surface area contributed by atoms with Crippen LogP contribution in [0.2, 0.25) is 13.1 Å². The Labute approximate surface area is 198 Å². The predicted octanol–water partition coefficient (Wildman–Crippen LogP) is 6.26. The molecular weight excluding hydrogens is 473 g/mol. The minimum atomic E-state index is -3.49. The van der Waals surface area contributed by atoms with Gasteiger partial charge in [0.05, 0.1) is 0 Å². The van der Waals surface area contributed by atoms with Gasteiger partial charge in [-0.25, -0.2) is 0 Å². The number of nitrogens with zero attached hydrogens (tertiary/aromatic N) is 6. The van der Waals surface area contributed by atoms with Crippen molar-refractivity contribution in [1.29, 1.82) is 0 Å². The summed E-state index contributed by atoms with van der Waals surface area (Å²) in [5, 5.41) is 9.78. The van der Waals surface area contributed by atoms with Crippen molar-refractivity contribution in [3.63, 3.8) is 0 Å². The van der Waals surface area contributed by atoms with Gasteiger partial charge in [-0.05, 0) is 0 Å². The van der Waals surface area contributed by atoms with Gasteiger partial charge in [0.1, 0.15) is 0 Å². The molecule has 32 heavy (non-hydrogen) atoms. The third kappa shape index (κ3) is 3.36. The van der Waals surface area contributed by atoms with Gasteiger partial charge in [-0.3, -0.25) is 0 Å². The van der Waals surface area contributed by atoms with E-state index in [1.165, 1.54) is 11.1 Å². The van der Waals surface area contributed by atoms with Gasteiger partial charge in [0.25, 0.3) is 0 Å². The van der Waals surface area contributed by atoms with Crippen LogP contribution in [0.3, 0.4) is 0 Å². The van der Waals surface area contributed by atoms with Crippen molar-refractivity contribution in [1.82, 2.24) is 7.05 Å². The third-order valence-corrected chi connectivity index (χ3v) is 29.1. The van der Waals surface area contributed by atoms with Crippen LogP contribution in [-0.2, 0) is 0 Å². The summed E-state index contributed by atoms with van der Waals surface area (Å²) < 4.78 is 10.4. The van der Waals surface area contributed by atoms with Crippen LogP contribution in [-0.4, -0.2) is 40.7 Å². The molecule has 1 fully saturated rings. The van der Waals surface area contributed by atoms with Crippen molar-refractivity contribution in [2.24, 2.45) is 10.4 Å². The van der Waals surface area contributed by atoms with Gasteiger partial charge < -0.3 is 0 Å². The maximum atomic E-state index is 4.89. The van der Waals surface area contributed by atoms with E-state index in [4.69, 9.17) is 10.4 Å². The van der Waals surface area contributed by atoms with Gasteiger partial charge in [-0.2, -0.15) is 0 Å². The second-order valence-corrected chi connectivity index (χ2v) is 23.5. The topological polar surface area (TPSA) is 37.7 Å². The Morgan fingerprint density at radius 3 is 1.22 bits per heavy atom. The summed E-state index contributed by atoms with van der Waals surface area (Å²) >= 11 is -3.49. The van der Waals surface area contributed by atoms with E-state index >= 15 is 0 Å². The first-order chi connectivity index (χ1) is 14.7. The molecule has 0 aliphatic carbocycles. The zero-order valence-corrected chi connectivity index (χ0v) is 24.4. The number of hydrogen-bond donors (Lipinski definition) is 0. The zero-order chi connectivity index (χ0) is 23.7. The fourth-order valence-corrected chi connectivity index (χ4v) is 32.1. The number of rotatable bonds is 2. The molecule has 8 heteroatoms. The van der Waals surface area contributed by atoms with Gasteiger partial charge in [-0.1, -0.05) is 0 Å². The molecule has 2 heterocycles. The Balaban J connectivity index is 2.00. The van der Waals surface area contributed by atoms with Crippen molar-refractivity contribution >= 4 is 33.9 Å². The van der Waals surface area contributed by atoms with Crippen molar-refractivity contribution in [3.05, 3.63) is 59.7 Å². The maximum absolute atomic E-state index is 4.89. The van der Waals surface area contributed by atoms with Crippen LogP contribution in [0.1, 0.15) is 52.7 Å². The molecule has 0 aromatic heterocycles. The average Bonchev–Trinajstić information content (AvgIpc) is 3.00. The van der Waals surface area contributed by atoms with Crippen LogP contribution in [0, 0.1) is 13.8 Å². The zero-order valence-electron chi connectivity index (χ0n) is 21.3. The van der Waals surface area contributed by atoms with E-state index in [0.717, 1.165) is 11.4 Å². The second-order valence-electron chi connectivity index (χ2n) is 11.6. The normalized spacial score (nSPS) is 20.8. The third-order valence-electron chi connectivity index (χ3n) is 6.38. The first-order valence-electron chi connectivity index (χ1n) is 11.5. The first-order valence-corrected chi connectivity index (χ1v) is 18.1. The van der Waals surface area contributed by atoms with E-state index in [9.17, 15) is 0 Å². The molecule has 2 aromatic rings. The first kappa shape index (κ1) is 23.5. The van der Waals surface area contributed by atoms with Gasteiger partial charge in [0.2, 0.25) is 0 Å². The van der Waals surface area contributed by atoms with E-state index in [2.05, 4.69) is 132 Å². The predicted molar refractivity (Wildman–Crippen MR) is 139 cm³/mol. The van der Waals surface area contributed by atoms with Gasteiger partial charge >= 0.3 is 199 Å². The molecule has 2 aliphatic heterocycles. The summed E-state index contributed by atoms with van der Waals surface area (Å²) in [4.78, 5) is 0. The molecule has 0 unspecified atom stereocenters. The summed E-state index contributed by atoms with van der Waals surface area (Å²) in [6, 6.07) is 17.5. The molecule has 172 valence electrons. The monoisotopic (exact) mass is 512 g/mol. The molecule has 0 amide bonds. The van der Waals surface area contributed by atoms with E-state index in [1.54, 1.807) is 0 Å². The van der Waals surface area contributed by atoms with Crippen molar-refractivity contribution in [2.75, 3.05) is 7.93 Å². The molecule has 6 nitrogen and oxygen atoms in total. The summed E-state index contributed by atoms with van der Waals surface area (Å²) in [5.41, 5.74) is 4.76. The van der Waals surface area contributed by atoms with E-state index < -0.39 is 22.6 Å². The average molecular weight is 511 g/mol.